The summed E-state index contributed by atoms with van der Waals surface area (Å²) < 4.78 is 5.63. The Morgan fingerprint density at radius 3 is 2.50 bits per heavy atom. The lowest BCUT2D eigenvalue weighted by Gasteiger charge is -2.32. The number of aliphatic imine (C=N–C) groups is 1. The molecule has 3 aliphatic rings. The molecule has 3 heterocycles. The number of aromatic hydroxyl groups is 1. The van der Waals surface area contributed by atoms with Crippen LogP contribution in [0.25, 0.3) is 10.9 Å². The molecule has 2 N–H and O–H groups in total. The molecule has 2 fully saturated rings. The number of hydrogen-bond acceptors (Lipinski definition) is 7. The van der Waals surface area contributed by atoms with Gasteiger partial charge >= 0.3 is 5.97 Å². The van der Waals surface area contributed by atoms with Crippen LogP contribution in [0.5, 0.6) is 5.88 Å². The smallest absolute Gasteiger partial charge is 0.338 e. The minimum absolute atomic E-state index is 0.0177. The fourth-order valence-electron chi connectivity index (χ4n) is 6.99. The van der Waals surface area contributed by atoms with E-state index < -0.39 is 0 Å². The Morgan fingerprint density at radius 2 is 1.72 bits per heavy atom. The van der Waals surface area contributed by atoms with Gasteiger partial charge in [-0.05, 0) is 68.1 Å². The number of aromatic amines is 1. The number of H-pyrrole nitrogens is 1. The highest BCUT2D eigenvalue weighted by molar-refractivity contribution is 6.22. The standard InChI is InChI=1S/C37H41N5O4/c1-40-17-19-41(20-18-40)23-33(43)42-16-15-27-21-29(12-14-32(27)42)38-35(26-9-3-2-4-10-26)34-30-13-11-28(22-31(30)39-36(34)44)37(45)46-24-25-7-5-6-8-25/h2-4,9-14,21-22,25,39,44H,5-8,15-20,23-24H2,1H3. The minimum atomic E-state index is -0.351. The number of hydrogen-bond donors (Lipinski definition) is 2. The number of piperazine rings is 1. The zero-order valence-electron chi connectivity index (χ0n) is 26.4. The third kappa shape index (κ3) is 6.30. The van der Waals surface area contributed by atoms with Crippen molar-refractivity contribution in [1.82, 2.24) is 14.8 Å². The molecule has 238 valence electrons. The number of nitrogens with one attached hydrogen (secondary N) is 1. The molecule has 0 bridgehead atoms. The summed E-state index contributed by atoms with van der Waals surface area (Å²) in [4.78, 5) is 40.7. The zero-order valence-corrected chi connectivity index (χ0v) is 26.4. The number of carbonyl (C=O) groups excluding carboxylic acids is 2. The summed E-state index contributed by atoms with van der Waals surface area (Å²) in [6.45, 7) is 5.33. The van der Waals surface area contributed by atoms with Gasteiger partial charge in [-0.2, -0.15) is 0 Å². The maximum atomic E-state index is 13.3. The summed E-state index contributed by atoms with van der Waals surface area (Å²) in [5.41, 5.74) is 5.89. The summed E-state index contributed by atoms with van der Waals surface area (Å²) in [6, 6.07) is 21.1. The van der Waals surface area contributed by atoms with E-state index in [9.17, 15) is 14.7 Å². The maximum absolute atomic E-state index is 13.3. The van der Waals surface area contributed by atoms with Gasteiger partial charge in [0.15, 0.2) is 5.88 Å². The van der Waals surface area contributed by atoms with Crippen molar-refractivity contribution in [3.05, 3.63) is 89.0 Å². The summed E-state index contributed by atoms with van der Waals surface area (Å²) in [6.07, 6.45) is 5.39. The molecule has 0 radical (unpaired) electrons. The van der Waals surface area contributed by atoms with Crippen LogP contribution in [0.15, 0.2) is 71.7 Å². The minimum Gasteiger partial charge on any atom is -0.494 e. The molecular formula is C37H41N5O4. The number of amides is 1. The molecule has 3 aromatic carbocycles. The number of benzene rings is 3. The van der Waals surface area contributed by atoms with E-state index in [1.54, 1.807) is 12.1 Å². The molecule has 9 heteroatoms. The van der Waals surface area contributed by atoms with Gasteiger partial charge in [-0.15, -0.1) is 0 Å². The van der Waals surface area contributed by atoms with E-state index in [0.29, 0.717) is 48.0 Å². The predicted octanol–water partition coefficient (Wildman–Crippen LogP) is 5.53. The Bertz CT molecular complexity index is 1770. The van der Waals surface area contributed by atoms with Crippen LogP contribution in [-0.2, 0) is 16.0 Å². The molecule has 1 saturated carbocycles. The molecule has 1 aliphatic carbocycles. The molecule has 1 aromatic heterocycles. The lowest BCUT2D eigenvalue weighted by atomic mass is 10.00. The lowest BCUT2D eigenvalue weighted by Crippen LogP contribution is -2.48. The van der Waals surface area contributed by atoms with Gasteiger partial charge in [0.1, 0.15) is 0 Å². The largest absolute Gasteiger partial charge is 0.494 e. The van der Waals surface area contributed by atoms with E-state index in [1.165, 1.54) is 12.8 Å². The first-order valence-electron chi connectivity index (χ1n) is 16.4. The Balaban J connectivity index is 1.16. The number of likely N-dealkylation sites (N-methyl/N-ethyl adjacent to an activating group) is 1. The summed E-state index contributed by atoms with van der Waals surface area (Å²) in [5.74, 6) is 0.213. The number of esters is 1. The second-order valence-electron chi connectivity index (χ2n) is 12.9. The number of rotatable bonds is 8. The number of aromatic nitrogens is 1. The average molecular weight is 620 g/mol. The Labute approximate surface area is 269 Å². The highest BCUT2D eigenvalue weighted by Gasteiger charge is 2.28. The SMILES string of the molecule is CN1CCN(CC(=O)N2CCc3cc(N=C(c4ccccc4)c4c(O)[nH]c5cc(C(=O)OCC6CCCC6)ccc45)ccc32)CC1. The van der Waals surface area contributed by atoms with Crippen molar-refractivity contribution in [3.8, 4) is 5.88 Å². The van der Waals surface area contributed by atoms with Gasteiger partial charge in [-0.1, -0.05) is 49.2 Å². The number of anilines is 1. The lowest BCUT2D eigenvalue weighted by molar-refractivity contribution is -0.120. The van der Waals surface area contributed by atoms with Crippen LogP contribution in [0.1, 0.15) is 52.7 Å². The van der Waals surface area contributed by atoms with Crippen molar-refractivity contribution in [1.29, 1.82) is 0 Å². The van der Waals surface area contributed by atoms with Crippen LogP contribution in [0.2, 0.25) is 0 Å². The van der Waals surface area contributed by atoms with Crippen LogP contribution in [0.3, 0.4) is 0 Å². The normalized spacial score (nSPS) is 17.9. The van der Waals surface area contributed by atoms with Gasteiger partial charge < -0.3 is 24.6 Å². The van der Waals surface area contributed by atoms with Gasteiger partial charge in [-0.3, -0.25) is 9.69 Å². The molecule has 0 atom stereocenters. The fraction of sp³-hybridized carbons (Fsp3) is 0.378. The van der Waals surface area contributed by atoms with Crippen LogP contribution in [-0.4, -0.2) is 90.4 Å². The van der Waals surface area contributed by atoms with Gasteiger partial charge in [0.25, 0.3) is 0 Å². The van der Waals surface area contributed by atoms with Crippen molar-refractivity contribution in [3.63, 3.8) is 0 Å². The van der Waals surface area contributed by atoms with E-state index in [4.69, 9.17) is 9.73 Å². The molecule has 0 unspecified atom stereocenters. The highest BCUT2D eigenvalue weighted by Crippen LogP contribution is 2.35. The molecule has 46 heavy (non-hydrogen) atoms. The second kappa shape index (κ2) is 13.1. The third-order valence-electron chi connectivity index (χ3n) is 9.68. The molecule has 9 nitrogen and oxygen atoms in total. The van der Waals surface area contributed by atoms with Gasteiger partial charge in [0.2, 0.25) is 5.91 Å². The van der Waals surface area contributed by atoms with Crippen molar-refractivity contribution in [2.45, 2.75) is 32.1 Å². The van der Waals surface area contributed by atoms with Crippen molar-refractivity contribution < 1.29 is 19.4 Å². The van der Waals surface area contributed by atoms with Gasteiger partial charge in [-0.25, -0.2) is 9.79 Å². The first-order valence-corrected chi connectivity index (χ1v) is 16.4. The van der Waals surface area contributed by atoms with E-state index >= 15 is 0 Å². The molecule has 4 aromatic rings. The van der Waals surface area contributed by atoms with Crippen LogP contribution in [0.4, 0.5) is 11.4 Å². The predicted molar refractivity (Wildman–Crippen MR) is 180 cm³/mol. The molecule has 1 saturated heterocycles. The fourth-order valence-corrected chi connectivity index (χ4v) is 6.99. The molecule has 7 rings (SSSR count). The topological polar surface area (TPSA) is 101 Å². The summed E-state index contributed by atoms with van der Waals surface area (Å²) >= 11 is 0. The molecule has 0 spiro atoms. The number of fused-ring (bicyclic) bond motifs is 2. The first-order chi connectivity index (χ1) is 22.4. The van der Waals surface area contributed by atoms with Crippen molar-refractivity contribution >= 4 is 39.9 Å². The van der Waals surface area contributed by atoms with E-state index in [2.05, 4.69) is 21.8 Å². The van der Waals surface area contributed by atoms with Crippen molar-refractivity contribution in [2.75, 3.05) is 57.8 Å². The monoisotopic (exact) mass is 619 g/mol. The van der Waals surface area contributed by atoms with Gasteiger partial charge in [0.05, 0.1) is 35.7 Å². The molecular weight excluding hydrogens is 578 g/mol. The quantitative estimate of drug-likeness (QED) is 0.199. The zero-order chi connectivity index (χ0) is 31.6. The van der Waals surface area contributed by atoms with E-state index in [1.807, 2.05) is 59.5 Å². The molecule has 1 amide bonds. The van der Waals surface area contributed by atoms with Gasteiger partial charge in [0, 0.05) is 54.9 Å². The van der Waals surface area contributed by atoms with E-state index in [0.717, 1.165) is 73.3 Å². The first kappa shape index (κ1) is 30.2. The second-order valence-corrected chi connectivity index (χ2v) is 12.9. The Hall–Kier alpha value is -4.47. The highest BCUT2D eigenvalue weighted by atomic mass is 16.5. The summed E-state index contributed by atoms with van der Waals surface area (Å²) in [7, 11) is 2.12. The number of nitrogens with zero attached hydrogens (tertiary/aromatic N) is 4. The number of carbonyl (C=O) groups is 2. The van der Waals surface area contributed by atoms with Crippen LogP contribution < -0.4 is 4.90 Å². The maximum Gasteiger partial charge on any atom is 0.338 e. The summed E-state index contributed by atoms with van der Waals surface area (Å²) in [5, 5.41) is 12.0. The van der Waals surface area contributed by atoms with Crippen LogP contribution in [0, 0.1) is 5.92 Å². The number of ether oxygens (including phenoxy) is 1. The third-order valence-corrected chi connectivity index (χ3v) is 9.68. The van der Waals surface area contributed by atoms with E-state index in [-0.39, 0.29) is 17.8 Å². The van der Waals surface area contributed by atoms with Crippen molar-refractivity contribution in [2.24, 2.45) is 10.9 Å². The Morgan fingerprint density at radius 1 is 0.935 bits per heavy atom. The molecule has 2 aliphatic heterocycles. The Kier molecular flexibility index (Phi) is 8.60. The average Bonchev–Trinajstić information content (AvgIpc) is 3.82. The van der Waals surface area contributed by atoms with Crippen LogP contribution >= 0.6 is 0 Å².